The number of likely N-dealkylation sites (tertiary alicyclic amines) is 1. The summed E-state index contributed by atoms with van der Waals surface area (Å²) in [5, 5.41) is 3.77. The molecule has 1 heterocycles. The molecule has 1 N–H and O–H groups in total. The van der Waals surface area contributed by atoms with Gasteiger partial charge in [-0.1, -0.05) is 42.8 Å². The Balaban J connectivity index is 1.58. The van der Waals surface area contributed by atoms with Crippen molar-refractivity contribution in [1.29, 1.82) is 0 Å². The molecule has 1 aliphatic rings. The third kappa shape index (κ3) is 5.81. The van der Waals surface area contributed by atoms with Crippen LogP contribution in [0.15, 0.2) is 53.4 Å². The Morgan fingerprint density at radius 2 is 1.76 bits per heavy atom. The summed E-state index contributed by atoms with van der Waals surface area (Å²) in [7, 11) is -3.45. The van der Waals surface area contributed by atoms with E-state index in [1.807, 2.05) is 31.2 Å². The molecule has 0 aromatic heterocycles. The Hall–Kier alpha value is -1.89. The molecule has 0 unspecified atom stereocenters. The Labute approximate surface area is 178 Å². The van der Waals surface area contributed by atoms with Crippen LogP contribution in [0.1, 0.15) is 42.1 Å². The Morgan fingerprint density at radius 3 is 2.41 bits per heavy atom. The molecule has 7 heteroatoms. The summed E-state index contributed by atoms with van der Waals surface area (Å²) in [6, 6.07) is 14.4. The van der Waals surface area contributed by atoms with E-state index in [0.29, 0.717) is 6.42 Å². The second-order valence-corrected chi connectivity index (χ2v) is 9.98. The Morgan fingerprint density at radius 1 is 1.10 bits per heavy atom. The molecule has 1 aliphatic heterocycles. The molecule has 1 amide bonds. The molecular weight excluding hydrogens is 408 g/mol. The topological polar surface area (TPSA) is 66.5 Å². The quantitative estimate of drug-likeness (QED) is 0.717. The highest BCUT2D eigenvalue weighted by Gasteiger charge is 2.25. The van der Waals surface area contributed by atoms with E-state index < -0.39 is 9.84 Å². The molecular formula is C22H27ClN2O3S. The number of sulfone groups is 1. The maximum absolute atomic E-state index is 12.8. The highest BCUT2D eigenvalue weighted by Crippen LogP contribution is 2.20. The number of amides is 1. The number of rotatable bonds is 7. The van der Waals surface area contributed by atoms with Crippen molar-refractivity contribution in [3.63, 3.8) is 0 Å². The van der Waals surface area contributed by atoms with Crippen LogP contribution in [0.5, 0.6) is 0 Å². The molecule has 29 heavy (non-hydrogen) atoms. The van der Waals surface area contributed by atoms with Gasteiger partial charge in [0.2, 0.25) is 0 Å². The van der Waals surface area contributed by atoms with E-state index in [1.165, 1.54) is 11.6 Å². The van der Waals surface area contributed by atoms with E-state index in [0.717, 1.165) is 37.5 Å². The van der Waals surface area contributed by atoms with Gasteiger partial charge in [0, 0.05) is 30.7 Å². The SMILES string of the molecule is CCCS(=O)(=O)c1ccccc1C(=O)NC1CCN(Cc2ccc(Cl)cc2)CC1. The van der Waals surface area contributed by atoms with Gasteiger partial charge in [0.15, 0.2) is 9.84 Å². The van der Waals surface area contributed by atoms with Crippen LogP contribution in [-0.4, -0.2) is 44.1 Å². The van der Waals surface area contributed by atoms with Crippen molar-refractivity contribution in [3.8, 4) is 0 Å². The summed E-state index contributed by atoms with van der Waals surface area (Å²) in [5.74, 6) is -0.267. The third-order valence-electron chi connectivity index (χ3n) is 5.18. The van der Waals surface area contributed by atoms with E-state index in [-0.39, 0.29) is 28.2 Å². The fraction of sp³-hybridized carbons (Fsp3) is 0.409. The maximum atomic E-state index is 12.8. The monoisotopic (exact) mass is 434 g/mol. The van der Waals surface area contributed by atoms with Gasteiger partial charge in [-0.2, -0.15) is 0 Å². The summed E-state index contributed by atoms with van der Waals surface area (Å²) in [5.41, 5.74) is 1.46. The van der Waals surface area contributed by atoms with Crippen LogP contribution in [0.3, 0.4) is 0 Å². The number of piperidine rings is 1. The average Bonchev–Trinajstić information content (AvgIpc) is 2.71. The van der Waals surface area contributed by atoms with Crippen LogP contribution in [0.4, 0.5) is 0 Å². The molecule has 3 rings (SSSR count). The van der Waals surface area contributed by atoms with Gasteiger partial charge < -0.3 is 5.32 Å². The predicted octanol–water partition coefficient (Wildman–Crippen LogP) is 3.92. The van der Waals surface area contributed by atoms with Gasteiger partial charge in [-0.15, -0.1) is 0 Å². The Bertz CT molecular complexity index is 937. The van der Waals surface area contributed by atoms with Crippen molar-refractivity contribution in [2.75, 3.05) is 18.8 Å². The van der Waals surface area contributed by atoms with E-state index >= 15 is 0 Å². The first-order valence-electron chi connectivity index (χ1n) is 9.98. The zero-order chi connectivity index (χ0) is 20.9. The van der Waals surface area contributed by atoms with Crippen molar-refractivity contribution < 1.29 is 13.2 Å². The van der Waals surface area contributed by atoms with Gasteiger partial charge in [-0.3, -0.25) is 9.69 Å². The molecule has 0 saturated carbocycles. The van der Waals surface area contributed by atoms with Crippen LogP contribution >= 0.6 is 11.6 Å². The van der Waals surface area contributed by atoms with Crippen LogP contribution < -0.4 is 5.32 Å². The number of carbonyl (C=O) groups excluding carboxylic acids is 1. The van der Waals surface area contributed by atoms with Gasteiger partial charge in [-0.25, -0.2) is 8.42 Å². The molecule has 0 bridgehead atoms. The van der Waals surface area contributed by atoms with Gasteiger partial charge in [0.05, 0.1) is 16.2 Å². The number of nitrogens with one attached hydrogen (secondary N) is 1. The molecule has 0 radical (unpaired) electrons. The largest absolute Gasteiger partial charge is 0.349 e. The number of carbonyl (C=O) groups is 1. The van der Waals surface area contributed by atoms with E-state index in [2.05, 4.69) is 10.2 Å². The smallest absolute Gasteiger partial charge is 0.252 e. The molecule has 5 nitrogen and oxygen atoms in total. The fourth-order valence-electron chi connectivity index (χ4n) is 3.65. The van der Waals surface area contributed by atoms with Crippen molar-refractivity contribution in [3.05, 3.63) is 64.7 Å². The van der Waals surface area contributed by atoms with Crippen LogP contribution in [0.25, 0.3) is 0 Å². The lowest BCUT2D eigenvalue weighted by atomic mass is 10.0. The summed E-state index contributed by atoms with van der Waals surface area (Å²) in [4.78, 5) is 15.3. The molecule has 156 valence electrons. The molecule has 1 saturated heterocycles. The summed E-state index contributed by atoms with van der Waals surface area (Å²) in [6.07, 6.45) is 2.19. The minimum absolute atomic E-state index is 0.0420. The third-order valence-corrected chi connectivity index (χ3v) is 7.41. The number of benzene rings is 2. The summed E-state index contributed by atoms with van der Waals surface area (Å²) >= 11 is 5.94. The molecule has 2 aromatic carbocycles. The van der Waals surface area contributed by atoms with Crippen LogP contribution in [0.2, 0.25) is 5.02 Å². The van der Waals surface area contributed by atoms with Crippen molar-refractivity contribution in [1.82, 2.24) is 10.2 Å². The second kappa shape index (κ2) is 9.74. The van der Waals surface area contributed by atoms with Crippen LogP contribution in [0, 0.1) is 0 Å². The maximum Gasteiger partial charge on any atom is 0.252 e. The van der Waals surface area contributed by atoms with Gasteiger partial charge in [0.1, 0.15) is 0 Å². The lowest BCUT2D eigenvalue weighted by Crippen LogP contribution is -2.44. The first kappa shape index (κ1) is 21.8. The van der Waals surface area contributed by atoms with Crippen molar-refractivity contribution in [2.45, 2.75) is 43.7 Å². The molecule has 1 fully saturated rings. The number of halogens is 1. The van der Waals surface area contributed by atoms with Crippen molar-refractivity contribution in [2.24, 2.45) is 0 Å². The van der Waals surface area contributed by atoms with Gasteiger partial charge >= 0.3 is 0 Å². The highest BCUT2D eigenvalue weighted by atomic mass is 35.5. The van der Waals surface area contributed by atoms with Crippen LogP contribution in [-0.2, 0) is 16.4 Å². The molecule has 0 spiro atoms. The van der Waals surface area contributed by atoms with E-state index in [4.69, 9.17) is 11.6 Å². The summed E-state index contributed by atoms with van der Waals surface area (Å²) < 4.78 is 25.0. The summed E-state index contributed by atoms with van der Waals surface area (Å²) in [6.45, 7) is 4.43. The van der Waals surface area contributed by atoms with Crippen molar-refractivity contribution >= 4 is 27.3 Å². The zero-order valence-corrected chi connectivity index (χ0v) is 18.2. The molecule has 0 aliphatic carbocycles. The number of hydrogen-bond donors (Lipinski definition) is 1. The lowest BCUT2D eigenvalue weighted by Gasteiger charge is -2.32. The molecule has 2 aromatic rings. The number of hydrogen-bond acceptors (Lipinski definition) is 4. The lowest BCUT2D eigenvalue weighted by molar-refractivity contribution is 0.0905. The van der Waals surface area contributed by atoms with E-state index in [9.17, 15) is 13.2 Å². The normalized spacial score (nSPS) is 15.9. The Kier molecular flexibility index (Phi) is 7.33. The molecule has 0 atom stereocenters. The van der Waals surface area contributed by atoms with Gasteiger partial charge in [0.25, 0.3) is 5.91 Å². The van der Waals surface area contributed by atoms with Gasteiger partial charge in [-0.05, 0) is 49.1 Å². The van der Waals surface area contributed by atoms with E-state index in [1.54, 1.807) is 18.2 Å². The highest BCUT2D eigenvalue weighted by molar-refractivity contribution is 7.91. The standard InChI is InChI=1S/C22H27ClN2O3S/c1-2-15-29(27,28)21-6-4-3-5-20(21)22(26)24-19-11-13-25(14-12-19)16-17-7-9-18(23)10-8-17/h3-10,19H,2,11-16H2,1H3,(H,24,26). The second-order valence-electron chi connectivity index (χ2n) is 7.47. The first-order valence-corrected chi connectivity index (χ1v) is 12.0. The average molecular weight is 435 g/mol. The minimum Gasteiger partial charge on any atom is -0.349 e. The fourth-order valence-corrected chi connectivity index (χ4v) is 5.32. The number of nitrogens with zero attached hydrogens (tertiary/aromatic N) is 1. The minimum atomic E-state index is -3.45. The zero-order valence-electron chi connectivity index (χ0n) is 16.6. The first-order chi connectivity index (χ1) is 13.9. The predicted molar refractivity (Wildman–Crippen MR) is 116 cm³/mol.